The van der Waals surface area contributed by atoms with E-state index in [9.17, 15) is 4.79 Å². The number of hydrogen-bond donors (Lipinski definition) is 1. The van der Waals surface area contributed by atoms with Gasteiger partial charge in [-0.25, -0.2) is 0 Å². The Kier molecular flexibility index (Phi) is 4.64. The molecule has 1 aliphatic carbocycles. The molecule has 22 heavy (non-hydrogen) atoms. The van der Waals surface area contributed by atoms with E-state index >= 15 is 0 Å². The van der Waals surface area contributed by atoms with Gasteiger partial charge in [0, 0.05) is 16.2 Å². The van der Waals surface area contributed by atoms with Crippen molar-refractivity contribution >= 4 is 23.4 Å². The lowest BCUT2D eigenvalue weighted by Crippen LogP contribution is -2.12. The minimum atomic E-state index is -0.0404. The second-order valence-electron chi connectivity index (χ2n) is 5.52. The van der Waals surface area contributed by atoms with Gasteiger partial charge in [0.1, 0.15) is 0 Å². The van der Waals surface area contributed by atoms with Gasteiger partial charge in [-0.2, -0.15) is 0 Å². The van der Waals surface area contributed by atoms with Gasteiger partial charge in [-0.05, 0) is 67.0 Å². The van der Waals surface area contributed by atoms with E-state index in [2.05, 4.69) is 17.4 Å². The molecule has 2 nitrogen and oxygen atoms in total. The average molecular weight is 309 g/mol. The van der Waals surface area contributed by atoms with Crippen LogP contribution in [0.4, 0.5) is 5.69 Å². The Morgan fingerprint density at radius 1 is 1.09 bits per heavy atom. The van der Waals surface area contributed by atoms with Gasteiger partial charge in [-0.15, -0.1) is 0 Å². The van der Waals surface area contributed by atoms with E-state index in [0.29, 0.717) is 5.57 Å². The second-order valence-corrected chi connectivity index (χ2v) is 6.47. The molecule has 0 bridgehead atoms. The molecule has 2 aromatic carbocycles. The fourth-order valence-electron chi connectivity index (χ4n) is 2.59. The zero-order valence-corrected chi connectivity index (χ0v) is 13.5. The Labute approximate surface area is 135 Å². The number of fused-ring (bicyclic) bond motifs is 1. The van der Waals surface area contributed by atoms with Crippen LogP contribution in [0, 0.1) is 0 Å². The lowest BCUT2D eigenvalue weighted by Gasteiger charge is -2.08. The number of anilines is 1. The van der Waals surface area contributed by atoms with Crippen LogP contribution in [-0.4, -0.2) is 5.91 Å². The molecule has 0 aromatic heterocycles. The number of nitrogens with one attached hydrogen (secondary N) is 1. The maximum atomic E-state index is 12.2. The lowest BCUT2D eigenvalue weighted by atomic mass is 10.1. The first-order valence-electron chi connectivity index (χ1n) is 7.54. The van der Waals surface area contributed by atoms with Gasteiger partial charge in [0.25, 0.3) is 5.91 Å². The number of aryl methyl sites for hydroxylation is 2. The van der Waals surface area contributed by atoms with Crippen LogP contribution in [0.3, 0.4) is 0 Å². The van der Waals surface area contributed by atoms with Gasteiger partial charge < -0.3 is 5.32 Å². The summed E-state index contributed by atoms with van der Waals surface area (Å²) in [6.45, 7) is 1.85. The van der Waals surface area contributed by atoms with Gasteiger partial charge in [-0.1, -0.05) is 36.0 Å². The molecule has 0 unspecified atom stereocenters. The SMILES string of the molecule is C/C(=C\Sc1ccccc1)C(=O)Nc1ccc2c(c1)CCC2. The normalized spacial score (nSPS) is 13.8. The predicted octanol–water partition coefficient (Wildman–Crippen LogP) is 4.81. The summed E-state index contributed by atoms with van der Waals surface area (Å²) in [6, 6.07) is 16.3. The van der Waals surface area contributed by atoms with Crippen molar-refractivity contribution in [3.63, 3.8) is 0 Å². The van der Waals surface area contributed by atoms with Crippen LogP contribution in [-0.2, 0) is 17.6 Å². The van der Waals surface area contributed by atoms with Crippen molar-refractivity contribution in [1.82, 2.24) is 0 Å². The molecule has 3 rings (SSSR count). The minimum absolute atomic E-state index is 0.0404. The Morgan fingerprint density at radius 2 is 1.86 bits per heavy atom. The molecule has 2 aromatic rings. The quantitative estimate of drug-likeness (QED) is 0.648. The molecule has 0 atom stereocenters. The van der Waals surface area contributed by atoms with E-state index < -0.39 is 0 Å². The molecule has 0 saturated carbocycles. The van der Waals surface area contributed by atoms with Crippen molar-refractivity contribution in [2.45, 2.75) is 31.1 Å². The molecule has 1 N–H and O–H groups in total. The van der Waals surface area contributed by atoms with Crippen molar-refractivity contribution in [3.8, 4) is 0 Å². The summed E-state index contributed by atoms with van der Waals surface area (Å²) >= 11 is 1.56. The maximum Gasteiger partial charge on any atom is 0.251 e. The fraction of sp³-hybridized carbons (Fsp3) is 0.211. The van der Waals surface area contributed by atoms with E-state index in [4.69, 9.17) is 0 Å². The van der Waals surface area contributed by atoms with E-state index in [1.807, 2.05) is 48.7 Å². The van der Waals surface area contributed by atoms with Gasteiger partial charge in [0.05, 0.1) is 0 Å². The molecule has 0 radical (unpaired) electrons. The molecular weight excluding hydrogens is 290 g/mol. The Balaban J connectivity index is 1.63. The van der Waals surface area contributed by atoms with Crippen LogP contribution >= 0.6 is 11.8 Å². The van der Waals surface area contributed by atoms with Gasteiger partial charge in [0.15, 0.2) is 0 Å². The van der Waals surface area contributed by atoms with Crippen molar-refractivity contribution in [1.29, 1.82) is 0 Å². The topological polar surface area (TPSA) is 29.1 Å². The van der Waals surface area contributed by atoms with E-state index in [1.54, 1.807) is 11.8 Å². The van der Waals surface area contributed by atoms with Gasteiger partial charge in [0.2, 0.25) is 0 Å². The average Bonchev–Trinajstić information content (AvgIpc) is 3.01. The summed E-state index contributed by atoms with van der Waals surface area (Å²) in [7, 11) is 0. The molecule has 0 aliphatic heterocycles. The highest BCUT2D eigenvalue weighted by Crippen LogP contribution is 2.25. The summed E-state index contributed by atoms with van der Waals surface area (Å²) in [5.74, 6) is -0.0404. The summed E-state index contributed by atoms with van der Waals surface area (Å²) in [5, 5.41) is 4.89. The Morgan fingerprint density at radius 3 is 2.68 bits per heavy atom. The van der Waals surface area contributed by atoms with Crippen LogP contribution in [0.5, 0.6) is 0 Å². The van der Waals surface area contributed by atoms with Crippen LogP contribution in [0.1, 0.15) is 24.5 Å². The smallest absolute Gasteiger partial charge is 0.251 e. The number of thioether (sulfide) groups is 1. The van der Waals surface area contributed by atoms with Crippen molar-refractivity contribution in [2.24, 2.45) is 0 Å². The first-order chi connectivity index (χ1) is 10.7. The molecule has 0 saturated heterocycles. The van der Waals surface area contributed by atoms with Gasteiger partial charge >= 0.3 is 0 Å². The Bertz CT molecular complexity index is 707. The highest BCUT2D eigenvalue weighted by atomic mass is 32.2. The second kappa shape index (κ2) is 6.84. The van der Waals surface area contributed by atoms with Gasteiger partial charge in [-0.3, -0.25) is 4.79 Å². The highest BCUT2D eigenvalue weighted by Gasteiger charge is 2.12. The first kappa shape index (κ1) is 14.9. The first-order valence-corrected chi connectivity index (χ1v) is 8.42. The van der Waals surface area contributed by atoms with Crippen LogP contribution in [0.15, 0.2) is 64.4 Å². The van der Waals surface area contributed by atoms with E-state index in [-0.39, 0.29) is 5.91 Å². The monoisotopic (exact) mass is 309 g/mol. The van der Waals surface area contributed by atoms with Crippen molar-refractivity contribution in [2.75, 3.05) is 5.32 Å². The zero-order valence-electron chi connectivity index (χ0n) is 12.6. The lowest BCUT2D eigenvalue weighted by molar-refractivity contribution is -0.112. The number of hydrogen-bond acceptors (Lipinski definition) is 2. The molecule has 1 amide bonds. The molecule has 1 aliphatic rings. The number of carbonyl (C=O) groups is 1. The van der Waals surface area contributed by atoms with E-state index in [0.717, 1.165) is 23.4 Å². The summed E-state index contributed by atoms with van der Waals surface area (Å²) in [6.07, 6.45) is 3.51. The highest BCUT2D eigenvalue weighted by molar-refractivity contribution is 8.02. The van der Waals surface area contributed by atoms with Crippen molar-refractivity contribution in [3.05, 3.63) is 70.6 Å². The Hall–Kier alpha value is -2.00. The maximum absolute atomic E-state index is 12.2. The summed E-state index contributed by atoms with van der Waals surface area (Å²) < 4.78 is 0. The number of amides is 1. The molecule has 0 fully saturated rings. The van der Waals surface area contributed by atoms with E-state index in [1.165, 1.54) is 17.5 Å². The molecule has 0 spiro atoms. The summed E-state index contributed by atoms with van der Waals surface area (Å²) in [4.78, 5) is 13.4. The molecular formula is C19H19NOS. The number of rotatable bonds is 4. The molecule has 0 heterocycles. The third-order valence-electron chi connectivity index (χ3n) is 3.83. The standard InChI is InChI=1S/C19H19NOS/c1-14(13-22-18-8-3-2-4-9-18)19(21)20-17-11-10-15-6-5-7-16(15)12-17/h2-4,8-13H,5-7H2,1H3,(H,20,21)/b14-13+. The molecule has 112 valence electrons. The van der Waals surface area contributed by atoms with Crippen LogP contribution in [0.25, 0.3) is 0 Å². The van der Waals surface area contributed by atoms with Crippen LogP contribution in [0.2, 0.25) is 0 Å². The summed E-state index contributed by atoms with van der Waals surface area (Å²) in [5.41, 5.74) is 4.40. The van der Waals surface area contributed by atoms with Crippen molar-refractivity contribution < 1.29 is 4.79 Å². The number of benzene rings is 2. The number of carbonyl (C=O) groups excluding carboxylic acids is 1. The zero-order chi connectivity index (χ0) is 15.4. The minimum Gasteiger partial charge on any atom is -0.322 e. The molecule has 3 heteroatoms. The predicted molar refractivity (Wildman–Crippen MR) is 93.2 cm³/mol. The third kappa shape index (κ3) is 3.60. The third-order valence-corrected chi connectivity index (χ3v) is 4.85. The largest absolute Gasteiger partial charge is 0.322 e. The van der Waals surface area contributed by atoms with Crippen LogP contribution < -0.4 is 5.32 Å². The fourth-order valence-corrected chi connectivity index (χ4v) is 3.32.